The van der Waals surface area contributed by atoms with Crippen molar-refractivity contribution in [2.45, 2.75) is 25.8 Å². The molecular weight excluding hydrogens is 192 g/mol. The van der Waals surface area contributed by atoms with Crippen LogP contribution in [0.4, 0.5) is 0 Å². The number of nitrogens with zero attached hydrogens (tertiary/aromatic N) is 1. The first kappa shape index (κ1) is 9.96. The molecule has 1 aromatic heterocycles. The van der Waals surface area contributed by atoms with Crippen LogP contribution in [-0.4, -0.2) is 16.8 Å². The van der Waals surface area contributed by atoms with Gasteiger partial charge in [-0.05, 0) is 36.8 Å². The molecule has 2 N–H and O–H groups in total. The fourth-order valence-corrected chi connectivity index (χ4v) is 1.85. The summed E-state index contributed by atoms with van der Waals surface area (Å²) < 4.78 is 1.62. The van der Waals surface area contributed by atoms with Gasteiger partial charge in [-0.15, -0.1) is 0 Å². The first-order chi connectivity index (χ1) is 7.22. The molecule has 0 spiro atoms. The van der Waals surface area contributed by atoms with E-state index >= 15 is 0 Å². The Labute approximate surface area is 88.1 Å². The molecule has 1 saturated carbocycles. The van der Waals surface area contributed by atoms with Crippen molar-refractivity contribution in [3.63, 3.8) is 0 Å². The molecule has 0 aliphatic heterocycles. The van der Waals surface area contributed by atoms with E-state index in [0.29, 0.717) is 11.6 Å². The lowest BCUT2D eigenvalue weighted by Crippen LogP contribution is -2.19. The predicted octanol–water partition coefficient (Wildman–Crippen LogP) is 0.738. The summed E-state index contributed by atoms with van der Waals surface area (Å²) in [5, 5.41) is 0. The van der Waals surface area contributed by atoms with E-state index in [2.05, 4.69) is 0 Å². The summed E-state index contributed by atoms with van der Waals surface area (Å²) in [6, 6.07) is 1.89. The van der Waals surface area contributed by atoms with Crippen molar-refractivity contribution in [3.8, 4) is 0 Å². The van der Waals surface area contributed by atoms with E-state index in [-0.39, 0.29) is 6.54 Å². The largest absolute Gasteiger partial charge is 0.364 e. The van der Waals surface area contributed by atoms with Crippen LogP contribution in [0.2, 0.25) is 0 Å². The van der Waals surface area contributed by atoms with Crippen LogP contribution in [0, 0.1) is 5.92 Å². The van der Waals surface area contributed by atoms with Gasteiger partial charge in [0.05, 0.1) is 6.54 Å². The van der Waals surface area contributed by atoms with Crippen molar-refractivity contribution in [1.82, 2.24) is 4.57 Å². The first-order valence-corrected chi connectivity index (χ1v) is 5.14. The lowest BCUT2D eigenvalue weighted by atomic mass is 10.1. The molecule has 4 heteroatoms. The molecule has 2 rings (SSSR count). The van der Waals surface area contributed by atoms with E-state index < -0.39 is 5.91 Å². The normalized spacial score (nSPS) is 15.2. The van der Waals surface area contributed by atoms with E-state index in [1.807, 2.05) is 6.07 Å². The van der Waals surface area contributed by atoms with Gasteiger partial charge in [-0.2, -0.15) is 0 Å². The van der Waals surface area contributed by atoms with E-state index in [1.165, 1.54) is 12.8 Å². The maximum atomic E-state index is 11.3. The van der Waals surface area contributed by atoms with Crippen molar-refractivity contribution < 1.29 is 9.59 Å². The smallest absolute Gasteiger partial charge is 0.265 e. The third-order valence-electron chi connectivity index (χ3n) is 2.76. The summed E-state index contributed by atoms with van der Waals surface area (Å²) in [7, 11) is 0. The van der Waals surface area contributed by atoms with Crippen LogP contribution in [0.15, 0.2) is 12.3 Å². The summed E-state index contributed by atoms with van der Waals surface area (Å²) in [6.45, 7) is 0.197. The van der Waals surface area contributed by atoms with Crippen molar-refractivity contribution >= 4 is 12.2 Å². The molecular formula is C11H14N2O2. The molecule has 15 heavy (non-hydrogen) atoms. The molecule has 0 unspecified atom stereocenters. The number of primary amides is 1. The summed E-state index contributed by atoms with van der Waals surface area (Å²) in [4.78, 5) is 21.7. The van der Waals surface area contributed by atoms with Gasteiger partial charge in [0.1, 0.15) is 12.0 Å². The number of aromatic nitrogens is 1. The summed E-state index contributed by atoms with van der Waals surface area (Å²) >= 11 is 0. The topological polar surface area (TPSA) is 65.1 Å². The summed E-state index contributed by atoms with van der Waals surface area (Å²) in [6.07, 6.45) is 5.90. The standard InChI is InChI=1S/C11H14N2O2/c12-11(15)10-9(7-8-1-2-8)3-4-13(10)5-6-14/h3-4,6,8H,1-2,5,7H2,(H2,12,15). The molecule has 1 heterocycles. The number of hydrogen-bond donors (Lipinski definition) is 1. The average molecular weight is 206 g/mol. The Morgan fingerprint density at radius 1 is 1.60 bits per heavy atom. The zero-order valence-electron chi connectivity index (χ0n) is 8.48. The Morgan fingerprint density at radius 3 is 2.87 bits per heavy atom. The van der Waals surface area contributed by atoms with Gasteiger partial charge in [0, 0.05) is 6.20 Å². The highest BCUT2D eigenvalue weighted by Crippen LogP contribution is 2.33. The molecule has 0 bridgehead atoms. The highest BCUT2D eigenvalue weighted by Gasteiger charge is 2.25. The Hall–Kier alpha value is -1.58. The van der Waals surface area contributed by atoms with Crippen LogP contribution in [-0.2, 0) is 17.8 Å². The van der Waals surface area contributed by atoms with E-state index in [4.69, 9.17) is 5.73 Å². The number of nitrogens with two attached hydrogens (primary N) is 1. The van der Waals surface area contributed by atoms with Crippen LogP contribution in [0.5, 0.6) is 0 Å². The minimum atomic E-state index is -0.447. The van der Waals surface area contributed by atoms with Crippen molar-refractivity contribution in [1.29, 1.82) is 0 Å². The SMILES string of the molecule is NC(=O)c1c(CC2CC2)ccn1CC=O. The van der Waals surface area contributed by atoms with Gasteiger partial charge in [0.15, 0.2) is 0 Å². The second kappa shape index (κ2) is 3.88. The van der Waals surface area contributed by atoms with E-state index in [0.717, 1.165) is 18.3 Å². The number of hydrogen-bond acceptors (Lipinski definition) is 2. The quantitative estimate of drug-likeness (QED) is 0.722. The summed E-state index contributed by atoms with van der Waals surface area (Å²) in [5.41, 5.74) is 6.78. The molecule has 0 aromatic carbocycles. The van der Waals surface area contributed by atoms with E-state index in [9.17, 15) is 9.59 Å². The molecule has 1 aromatic rings. The van der Waals surface area contributed by atoms with Crippen molar-refractivity contribution in [2.75, 3.05) is 0 Å². The highest BCUT2D eigenvalue weighted by molar-refractivity contribution is 5.93. The van der Waals surface area contributed by atoms with Crippen LogP contribution in [0.3, 0.4) is 0 Å². The second-order valence-electron chi connectivity index (χ2n) is 4.02. The molecule has 4 nitrogen and oxygen atoms in total. The number of aldehydes is 1. The minimum absolute atomic E-state index is 0.197. The van der Waals surface area contributed by atoms with E-state index in [1.54, 1.807) is 10.8 Å². The van der Waals surface area contributed by atoms with Gasteiger partial charge < -0.3 is 15.1 Å². The minimum Gasteiger partial charge on any atom is -0.364 e. The molecule has 1 amide bonds. The molecule has 0 atom stereocenters. The van der Waals surface area contributed by atoms with Crippen LogP contribution in [0.1, 0.15) is 28.9 Å². The monoisotopic (exact) mass is 206 g/mol. The number of carbonyl (C=O) groups excluding carboxylic acids is 2. The fourth-order valence-electron chi connectivity index (χ4n) is 1.85. The van der Waals surface area contributed by atoms with Gasteiger partial charge >= 0.3 is 0 Å². The third kappa shape index (κ3) is 2.09. The Balaban J connectivity index is 2.27. The van der Waals surface area contributed by atoms with Gasteiger partial charge in [-0.1, -0.05) is 0 Å². The number of rotatable bonds is 5. The number of amides is 1. The molecule has 1 aliphatic rings. The van der Waals surface area contributed by atoms with Crippen molar-refractivity contribution in [2.24, 2.45) is 11.7 Å². The van der Waals surface area contributed by atoms with Crippen LogP contribution < -0.4 is 5.73 Å². The first-order valence-electron chi connectivity index (χ1n) is 5.14. The Morgan fingerprint density at radius 2 is 2.33 bits per heavy atom. The maximum absolute atomic E-state index is 11.3. The lowest BCUT2D eigenvalue weighted by Gasteiger charge is -2.04. The Kier molecular flexibility index (Phi) is 2.58. The molecule has 1 fully saturated rings. The van der Waals surface area contributed by atoms with Gasteiger partial charge in [-0.25, -0.2) is 0 Å². The predicted molar refractivity (Wildman–Crippen MR) is 55.4 cm³/mol. The van der Waals surface area contributed by atoms with Crippen LogP contribution >= 0.6 is 0 Å². The molecule has 1 aliphatic carbocycles. The zero-order chi connectivity index (χ0) is 10.8. The average Bonchev–Trinajstić information content (AvgIpc) is 2.88. The van der Waals surface area contributed by atoms with Crippen LogP contribution in [0.25, 0.3) is 0 Å². The highest BCUT2D eigenvalue weighted by atomic mass is 16.1. The van der Waals surface area contributed by atoms with Crippen molar-refractivity contribution in [3.05, 3.63) is 23.5 Å². The second-order valence-corrected chi connectivity index (χ2v) is 4.02. The molecule has 0 saturated heterocycles. The van der Waals surface area contributed by atoms with Gasteiger partial charge in [0.2, 0.25) is 0 Å². The lowest BCUT2D eigenvalue weighted by molar-refractivity contribution is -0.108. The van der Waals surface area contributed by atoms with Gasteiger partial charge in [0.25, 0.3) is 5.91 Å². The number of carbonyl (C=O) groups is 2. The van der Waals surface area contributed by atoms with Gasteiger partial charge in [-0.3, -0.25) is 4.79 Å². The molecule has 0 radical (unpaired) electrons. The molecule has 80 valence electrons. The summed E-state index contributed by atoms with van der Waals surface area (Å²) in [5.74, 6) is 0.257. The Bertz CT molecular complexity index is 391. The fraction of sp³-hybridized carbons (Fsp3) is 0.455. The zero-order valence-corrected chi connectivity index (χ0v) is 8.48. The maximum Gasteiger partial charge on any atom is 0.265 e. The third-order valence-corrected chi connectivity index (χ3v) is 2.76.